The Morgan fingerprint density at radius 1 is 1.05 bits per heavy atom. The van der Waals surface area contributed by atoms with Gasteiger partial charge in [-0.05, 0) is 18.2 Å². The van der Waals surface area contributed by atoms with Crippen LogP contribution in [0.3, 0.4) is 0 Å². The minimum Gasteiger partial charge on any atom is -0.508 e. The second-order valence-corrected chi connectivity index (χ2v) is 5.07. The van der Waals surface area contributed by atoms with Crippen LogP contribution in [0.4, 0.5) is 0 Å². The first-order valence-electron chi connectivity index (χ1n) is 7.01. The van der Waals surface area contributed by atoms with Crippen LogP contribution in [0, 0.1) is 6.92 Å². The van der Waals surface area contributed by atoms with E-state index in [0.29, 0.717) is 31.4 Å². The monoisotopic (exact) mass is 299 g/mol. The number of hydrogen-bond acceptors (Lipinski definition) is 6. The topological polar surface area (TPSA) is 75.5 Å². The zero-order chi connectivity index (χ0) is 15.4. The van der Waals surface area contributed by atoms with Gasteiger partial charge in [-0.25, -0.2) is 0 Å². The molecule has 3 rings (SSSR count). The number of nitrogens with zero attached hydrogens (tertiary/aromatic N) is 3. The van der Waals surface area contributed by atoms with E-state index in [1.165, 1.54) is 0 Å². The number of furan rings is 1. The van der Waals surface area contributed by atoms with Gasteiger partial charge in [0.1, 0.15) is 11.5 Å². The number of aromatic nitrogens is 2. The summed E-state index contributed by atoms with van der Waals surface area (Å²) in [7, 11) is 0. The molecular weight excluding hydrogens is 282 g/mol. The summed E-state index contributed by atoms with van der Waals surface area (Å²) in [5, 5.41) is 17.8. The van der Waals surface area contributed by atoms with Crippen molar-refractivity contribution in [3.05, 3.63) is 65.8 Å². The second-order valence-electron chi connectivity index (χ2n) is 5.07. The number of aromatic hydroxyl groups is 1. The predicted molar refractivity (Wildman–Crippen MR) is 78.8 cm³/mol. The van der Waals surface area contributed by atoms with E-state index in [-0.39, 0.29) is 5.75 Å². The fourth-order valence-corrected chi connectivity index (χ4v) is 2.27. The number of rotatable bonds is 6. The van der Waals surface area contributed by atoms with Crippen LogP contribution in [-0.2, 0) is 19.6 Å². The molecule has 2 heterocycles. The van der Waals surface area contributed by atoms with Gasteiger partial charge in [-0.1, -0.05) is 18.2 Å². The Hall–Kier alpha value is -2.60. The van der Waals surface area contributed by atoms with Crippen molar-refractivity contribution in [2.24, 2.45) is 0 Å². The highest BCUT2D eigenvalue weighted by atomic mass is 16.4. The number of benzene rings is 1. The van der Waals surface area contributed by atoms with Crippen molar-refractivity contribution in [3.8, 4) is 5.75 Å². The minimum absolute atomic E-state index is 0.272. The standard InChI is InChI=1S/C16H17N3O3/c1-12-17-18-16(22-12)11-19(10-14-6-4-8-21-14)9-13-5-2-3-7-15(13)20/h2-8,20H,9-11H2,1H3. The highest BCUT2D eigenvalue weighted by molar-refractivity contribution is 5.31. The van der Waals surface area contributed by atoms with Crippen LogP contribution < -0.4 is 0 Å². The van der Waals surface area contributed by atoms with E-state index < -0.39 is 0 Å². The molecule has 0 fully saturated rings. The van der Waals surface area contributed by atoms with Crippen LogP contribution in [0.1, 0.15) is 23.1 Å². The first-order valence-corrected chi connectivity index (χ1v) is 7.01. The van der Waals surface area contributed by atoms with Crippen molar-refractivity contribution in [2.75, 3.05) is 0 Å². The summed E-state index contributed by atoms with van der Waals surface area (Å²) in [5.74, 6) is 2.19. The summed E-state index contributed by atoms with van der Waals surface area (Å²) in [6.45, 7) is 3.38. The Morgan fingerprint density at radius 3 is 2.59 bits per heavy atom. The molecule has 114 valence electrons. The van der Waals surface area contributed by atoms with Crippen LogP contribution in [0.15, 0.2) is 51.5 Å². The molecule has 0 aliphatic heterocycles. The van der Waals surface area contributed by atoms with Crippen LogP contribution >= 0.6 is 0 Å². The van der Waals surface area contributed by atoms with Crippen LogP contribution in [0.25, 0.3) is 0 Å². The Kier molecular flexibility index (Phi) is 4.20. The fourth-order valence-electron chi connectivity index (χ4n) is 2.27. The first-order chi connectivity index (χ1) is 10.7. The zero-order valence-electron chi connectivity index (χ0n) is 12.3. The molecule has 6 nitrogen and oxygen atoms in total. The number of para-hydroxylation sites is 1. The number of hydrogen-bond donors (Lipinski definition) is 1. The molecule has 0 saturated carbocycles. The summed E-state index contributed by atoms with van der Waals surface area (Å²) >= 11 is 0. The molecule has 1 aromatic carbocycles. The largest absolute Gasteiger partial charge is 0.508 e. The normalized spacial score (nSPS) is 11.2. The van der Waals surface area contributed by atoms with Crippen molar-refractivity contribution in [1.29, 1.82) is 0 Å². The molecule has 0 radical (unpaired) electrons. The Bertz CT molecular complexity index is 722. The van der Waals surface area contributed by atoms with Gasteiger partial charge < -0.3 is 13.9 Å². The van der Waals surface area contributed by atoms with Crippen LogP contribution in [0.5, 0.6) is 5.75 Å². The molecule has 0 amide bonds. The average molecular weight is 299 g/mol. The van der Waals surface area contributed by atoms with Crippen molar-refractivity contribution in [3.63, 3.8) is 0 Å². The van der Waals surface area contributed by atoms with Crippen molar-refractivity contribution in [2.45, 2.75) is 26.6 Å². The van der Waals surface area contributed by atoms with Gasteiger partial charge in [-0.3, -0.25) is 4.90 Å². The molecule has 0 unspecified atom stereocenters. The van der Waals surface area contributed by atoms with E-state index in [9.17, 15) is 5.11 Å². The Balaban J connectivity index is 1.77. The predicted octanol–water partition coefficient (Wildman–Crippen LogP) is 2.88. The van der Waals surface area contributed by atoms with E-state index in [4.69, 9.17) is 8.83 Å². The van der Waals surface area contributed by atoms with Crippen molar-refractivity contribution in [1.82, 2.24) is 15.1 Å². The first kappa shape index (κ1) is 14.3. The number of phenols is 1. The van der Waals surface area contributed by atoms with E-state index in [2.05, 4.69) is 15.1 Å². The lowest BCUT2D eigenvalue weighted by molar-refractivity contribution is 0.202. The van der Waals surface area contributed by atoms with Gasteiger partial charge in [0.15, 0.2) is 0 Å². The van der Waals surface area contributed by atoms with Gasteiger partial charge in [0.05, 0.1) is 19.4 Å². The molecule has 0 aliphatic carbocycles. The molecule has 0 aliphatic rings. The van der Waals surface area contributed by atoms with Crippen LogP contribution in [-0.4, -0.2) is 20.2 Å². The van der Waals surface area contributed by atoms with Gasteiger partial charge in [0, 0.05) is 19.0 Å². The Labute approximate surface area is 128 Å². The Morgan fingerprint density at radius 2 is 1.91 bits per heavy atom. The quantitative estimate of drug-likeness (QED) is 0.754. The summed E-state index contributed by atoms with van der Waals surface area (Å²) in [4.78, 5) is 2.07. The van der Waals surface area contributed by atoms with Crippen molar-refractivity contribution < 1.29 is 13.9 Å². The summed E-state index contributed by atoms with van der Waals surface area (Å²) in [5.41, 5.74) is 0.838. The summed E-state index contributed by atoms with van der Waals surface area (Å²) in [6, 6.07) is 11.0. The van der Waals surface area contributed by atoms with Gasteiger partial charge in [-0.15, -0.1) is 10.2 Å². The molecule has 22 heavy (non-hydrogen) atoms. The van der Waals surface area contributed by atoms with E-state index in [1.54, 1.807) is 25.3 Å². The maximum atomic E-state index is 9.95. The fraction of sp³-hybridized carbons (Fsp3) is 0.250. The van der Waals surface area contributed by atoms with E-state index in [1.807, 2.05) is 24.3 Å². The third-order valence-electron chi connectivity index (χ3n) is 3.27. The zero-order valence-corrected chi connectivity index (χ0v) is 12.3. The maximum Gasteiger partial charge on any atom is 0.230 e. The third-order valence-corrected chi connectivity index (χ3v) is 3.27. The van der Waals surface area contributed by atoms with Crippen LogP contribution in [0.2, 0.25) is 0 Å². The SMILES string of the molecule is Cc1nnc(CN(Cc2ccco2)Cc2ccccc2O)o1. The van der Waals surface area contributed by atoms with Gasteiger partial charge in [0.25, 0.3) is 0 Å². The molecule has 0 atom stereocenters. The molecule has 0 saturated heterocycles. The molecule has 0 bridgehead atoms. The van der Waals surface area contributed by atoms with Crippen molar-refractivity contribution >= 4 is 0 Å². The molecule has 6 heteroatoms. The van der Waals surface area contributed by atoms with Gasteiger partial charge in [0.2, 0.25) is 11.8 Å². The highest BCUT2D eigenvalue weighted by Crippen LogP contribution is 2.20. The van der Waals surface area contributed by atoms with Gasteiger partial charge >= 0.3 is 0 Å². The number of aryl methyl sites for hydroxylation is 1. The highest BCUT2D eigenvalue weighted by Gasteiger charge is 2.15. The van der Waals surface area contributed by atoms with E-state index in [0.717, 1.165) is 11.3 Å². The lowest BCUT2D eigenvalue weighted by atomic mass is 10.2. The molecule has 2 aromatic heterocycles. The molecule has 0 spiro atoms. The average Bonchev–Trinajstić information content (AvgIpc) is 3.13. The smallest absolute Gasteiger partial charge is 0.230 e. The van der Waals surface area contributed by atoms with E-state index >= 15 is 0 Å². The minimum atomic E-state index is 0.272. The second kappa shape index (κ2) is 6.44. The molecular formula is C16H17N3O3. The maximum absolute atomic E-state index is 9.95. The lowest BCUT2D eigenvalue weighted by Gasteiger charge is -2.20. The summed E-state index contributed by atoms with van der Waals surface area (Å²) < 4.78 is 10.8. The van der Waals surface area contributed by atoms with Gasteiger partial charge in [-0.2, -0.15) is 0 Å². The summed E-state index contributed by atoms with van der Waals surface area (Å²) in [6.07, 6.45) is 1.64. The third kappa shape index (κ3) is 3.53. The molecule has 3 aromatic rings. The molecule has 1 N–H and O–H groups in total. The lowest BCUT2D eigenvalue weighted by Crippen LogP contribution is -2.22. The number of phenolic OH excluding ortho intramolecular Hbond substituents is 1.